The van der Waals surface area contributed by atoms with Gasteiger partial charge in [-0.1, -0.05) is 17.7 Å². The molecule has 242 valence electrons. The Kier molecular flexibility index (Phi) is 9.94. The summed E-state index contributed by atoms with van der Waals surface area (Å²) in [6.45, 7) is 2.79. The highest BCUT2D eigenvalue weighted by molar-refractivity contribution is 6.30. The largest absolute Gasteiger partial charge is 0.455 e. The second kappa shape index (κ2) is 12.9. The van der Waals surface area contributed by atoms with E-state index in [1.54, 1.807) is 18.2 Å². The van der Waals surface area contributed by atoms with Crippen LogP contribution in [0.1, 0.15) is 66.6 Å². The predicted octanol–water partition coefficient (Wildman–Crippen LogP) is 5.91. The number of amides is 1. The van der Waals surface area contributed by atoms with Crippen LogP contribution in [0.25, 0.3) is 0 Å². The quantitative estimate of drug-likeness (QED) is 0.243. The lowest BCUT2D eigenvalue weighted by atomic mass is 9.71. The van der Waals surface area contributed by atoms with Crippen molar-refractivity contribution in [1.82, 2.24) is 10.6 Å². The maximum Gasteiger partial charge on any atom is 0.416 e. The summed E-state index contributed by atoms with van der Waals surface area (Å²) in [5.74, 6) is -1.29. The summed E-state index contributed by atoms with van der Waals surface area (Å²) in [6.07, 6.45) is -9.50. The fourth-order valence-electron chi connectivity index (χ4n) is 5.84. The molecule has 2 fully saturated rings. The standard InChI is InChI=1S/C30H33ClF6N2O5/c1-27(2,42)28(26(41)38-15-17-10-19(29(32,33)34)13-20(11-17)30(35,36)37)8-6-22(14-28)39-23-7-9-43-16-24(23)44-25(40)18-4-3-5-21(31)12-18/h3-5,10-13,22-24,39,42H,6-9,14-16H2,1-2H3,(H,38,41)/t22-,23?,24?,28-/m1/s1. The summed E-state index contributed by atoms with van der Waals surface area (Å²) in [6, 6.07) is 6.75. The molecular formula is C30H33ClF6N2O5. The van der Waals surface area contributed by atoms with Gasteiger partial charge in [0.25, 0.3) is 0 Å². The van der Waals surface area contributed by atoms with Gasteiger partial charge in [-0.25, -0.2) is 4.79 Å². The molecule has 1 aliphatic heterocycles. The number of ether oxygens (including phenoxy) is 2. The summed E-state index contributed by atoms with van der Waals surface area (Å²) in [5.41, 5.74) is -6.08. The number of carbonyl (C=O) groups is 2. The van der Waals surface area contributed by atoms with Crippen LogP contribution in [0.4, 0.5) is 26.3 Å². The third kappa shape index (κ3) is 7.85. The van der Waals surface area contributed by atoms with Gasteiger partial charge < -0.3 is 25.2 Å². The second-order valence-corrected chi connectivity index (χ2v) is 12.2. The molecule has 0 spiro atoms. The number of halogens is 7. The summed E-state index contributed by atoms with van der Waals surface area (Å²) in [5, 5.41) is 17.3. The molecule has 4 atom stereocenters. The molecule has 0 radical (unpaired) electrons. The first-order chi connectivity index (χ1) is 20.4. The van der Waals surface area contributed by atoms with Crippen LogP contribution in [0, 0.1) is 5.41 Å². The lowest BCUT2D eigenvalue weighted by Crippen LogP contribution is -2.55. The molecule has 3 N–H and O–H groups in total. The van der Waals surface area contributed by atoms with E-state index >= 15 is 0 Å². The number of nitrogens with one attached hydrogen (secondary N) is 2. The van der Waals surface area contributed by atoms with Crippen LogP contribution in [0.15, 0.2) is 42.5 Å². The molecule has 1 aliphatic carbocycles. The van der Waals surface area contributed by atoms with E-state index in [1.165, 1.54) is 19.9 Å². The second-order valence-electron chi connectivity index (χ2n) is 11.8. The Morgan fingerprint density at radius 3 is 2.30 bits per heavy atom. The van der Waals surface area contributed by atoms with Crippen molar-refractivity contribution in [1.29, 1.82) is 0 Å². The molecular weight excluding hydrogens is 618 g/mol. The van der Waals surface area contributed by atoms with Crippen molar-refractivity contribution in [2.24, 2.45) is 5.41 Å². The van der Waals surface area contributed by atoms with E-state index in [1.807, 2.05) is 0 Å². The Labute approximate surface area is 255 Å². The van der Waals surface area contributed by atoms with E-state index in [9.17, 15) is 41.0 Å². The fourth-order valence-corrected chi connectivity index (χ4v) is 6.03. The van der Waals surface area contributed by atoms with Crippen molar-refractivity contribution >= 4 is 23.5 Å². The van der Waals surface area contributed by atoms with E-state index < -0.39 is 59.0 Å². The van der Waals surface area contributed by atoms with Crippen LogP contribution >= 0.6 is 11.6 Å². The van der Waals surface area contributed by atoms with Crippen molar-refractivity contribution in [2.75, 3.05) is 13.2 Å². The highest BCUT2D eigenvalue weighted by atomic mass is 35.5. The number of hydrogen-bond donors (Lipinski definition) is 3. The number of carbonyl (C=O) groups excluding carboxylic acids is 2. The van der Waals surface area contributed by atoms with Gasteiger partial charge in [-0.05, 0) is 81.5 Å². The maximum absolute atomic E-state index is 13.5. The van der Waals surface area contributed by atoms with Gasteiger partial charge in [0.2, 0.25) is 5.91 Å². The van der Waals surface area contributed by atoms with E-state index in [-0.39, 0.29) is 48.7 Å². The third-order valence-corrected chi connectivity index (χ3v) is 8.53. The molecule has 4 rings (SSSR count). The normalized spacial score (nSPS) is 24.6. The Bertz CT molecular complexity index is 1330. The van der Waals surface area contributed by atoms with Crippen molar-refractivity contribution in [2.45, 2.75) is 82.2 Å². The van der Waals surface area contributed by atoms with Crippen LogP contribution < -0.4 is 10.6 Å². The van der Waals surface area contributed by atoms with E-state index in [0.29, 0.717) is 36.6 Å². The molecule has 1 heterocycles. The lowest BCUT2D eigenvalue weighted by Gasteiger charge is -2.40. The molecule has 0 aromatic heterocycles. The van der Waals surface area contributed by atoms with Crippen LogP contribution in [-0.4, -0.2) is 54.0 Å². The van der Waals surface area contributed by atoms with Gasteiger partial charge in [0.05, 0.1) is 34.3 Å². The van der Waals surface area contributed by atoms with Gasteiger partial charge in [0, 0.05) is 30.3 Å². The zero-order chi connectivity index (χ0) is 32.5. The van der Waals surface area contributed by atoms with Crippen LogP contribution in [0.2, 0.25) is 5.02 Å². The van der Waals surface area contributed by atoms with Gasteiger partial charge >= 0.3 is 18.3 Å². The van der Waals surface area contributed by atoms with Crippen molar-refractivity contribution < 1.29 is 50.5 Å². The molecule has 7 nitrogen and oxygen atoms in total. The lowest BCUT2D eigenvalue weighted by molar-refractivity contribution is -0.146. The molecule has 2 aliphatic rings. The zero-order valence-electron chi connectivity index (χ0n) is 23.9. The van der Waals surface area contributed by atoms with Crippen molar-refractivity contribution in [3.05, 3.63) is 69.7 Å². The molecule has 1 amide bonds. The Morgan fingerprint density at radius 1 is 1.05 bits per heavy atom. The van der Waals surface area contributed by atoms with E-state index in [4.69, 9.17) is 21.1 Å². The first kappa shape index (κ1) is 34.0. The Balaban J connectivity index is 1.46. The monoisotopic (exact) mass is 650 g/mol. The zero-order valence-corrected chi connectivity index (χ0v) is 24.7. The number of hydrogen-bond acceptors (Lipinski definition) is 6. The highest BCUT2D eigenvalue weighted by Crippen LogP contribution is 2.47. The first-order valence-electron chi connectivity index (χ1n) is 14.0. The number of aliphatic hydroxyl groups is 1. The molecule has 2 aromatic rings. The van der Waals surface area contributed by atoms with Gasteiger partial charge in [0.1, 0.15) is 6.10 Å². The molecule has 0 bridgehead atoms. The predicted molar refractivity (Wildman–Crippen MR) is 148 cm³/mol. The van der Waals surface area contributed by atoms with Crippen LogP contribution in [-0.2, 0) is 33.2 Å². The molecule has 2 unspecified atom stereocenters. The molecule has 1 saturated carbocycles. The number of alkyl halides is 6. The molecule has 2 aromatic carbocycles. The van der Waals surface area contributed by atoms with Crippen LogP contribution in [0.3, 0.4) is 0 Å². The minimum absolute atomic E-state index is 0.0206. The van der Waals surface area contributed by atoms with Crippen molar-refractivity contribution in [3.8, 4) is 0 Å². The first-order valence-corrected chi connectivity index (χ1v) is 14.4. The van der Waals surface area contributed by atoms with Crippen LogP contribution in [0.5, 0.6) is 0 Å². The van der Waals surface area contributed by atoms with E-state index in [0.717, 1.165) is 0 Å². The molecule has 1 saturated heterocycles. The average Bonchev–Trinajstić information content (AvgIpc) is 3.37. The van der Waals surface area contributed by atoms with Crippen molar-refractivity contribution in [3.63, 3.8) is 0 Å². The number of esters is 1. The van der Waals surface area contributed by atoms with Gasteiger partial charge in [-0.2, -0.15) is 26.3 Å². The Morgan fingerprint density at radius 2 is 1.70 bits per heavy atom. The average molecular weight is 651 g/mol. The number of benzene rings is 2. The smallest absolute Gasteiger partial charge is 0.416 e. The SMILES string of the molecule is CC(C)(O)[C@]1(C(=O)NCc2cc(C(F)(F)F)cc(C(F)(F)F)c2)CC[C@@H](NC2CCOCC2OC(=O)c2cccc(Cl)c2)C1. The minimum atomic E-state index is -5.02. The Hall–Kier alpha value is -2.87. The third-order valence-electron chi connectivity index (χ3n) is 8.29. The number of rotatable bonds is 8. The summed E-state index contributed by atoms with van der Waals surface area (Å²) in [7, 11) is 0. The fraction of sp³-hybridized carbons (Fsp3) is 0.533. The van der Waals surface area contributed by atoms with E-state index in [2.05, 4.69) is 10.6 Å². The summed E-state index contributed by atoms with van der Waals surface area (Å²) >= 11 is 5.98. The summed E-state index contributed by atoms with van der Waals surface area (Å²) < 4.78 is 91.0. The topological polar surface area (TPSA) is 96.9 Å². The minimum Gasteiger partial charge on any atom is -0.455 e. The summed E-state index contributed by atoms with van der Waals surface area (Å²) in [4.78, 5) is 26.3. The maximum atomic E-state index is 13.5. The van der Waals surface area contributed by atoms with Gasteiger partial charge in [0.15, 0.2) is 0 Å². The molecule has 44 heavy (non-hydrogen) atoms. The van der Waals surface area contributed by atoms with Gasteiger partial charge in [-0.3, -0.25) is 4.79 Å². The molecule has 14 heteroatoms. The highest BCUT2D eigenvalue weighted by Gasteiger charge is 2.55. The van der Waals surface area contributed by atoms with Gasteiger partial charge in [-0.15, -0.1) is 0 Å².